The van der Waals surface area contributed by atoms with Crippen LogP contribution in [0.3, 0.4) is 0 Å². The molecule has 0 saturated carbocycles. The monoisotopic (exact) mass is 1630 g/mol. The van der Waals surface area contributed by atoms with E-state index >= 15 is 0 Å². The number of carbonyl (C=O) groups is 2. The first-order valence-electron chi connectivity index (χ1n) is 36.3. The highest BCUT2D eigenvalue weighted by molar-refractivity contribution is 8.76. The van der Waals surface area contributed by atoms with Gasteiger partial charge < -0.3 is 177 Å². The van der Waals surface area contributed by atoms with Gasteiger partial charge in [-0.1, -0.05) is 21.6 Å². The van der Waals surface area contributed by atoms with Crippen LogP contribution in [0.4, 0.5) is 0 Å². The molecule has 22 rings (SSSR count). The molecule has 0 unspecified atom stereocenters. The number of ether oxygens (including phenoxy) is 34. The summed E-state index contributed by atoms with van der Waals surface area (Å²) in [5, 5.41) is 18.1. The molecule has 39 nitrogen and oxygen atoms in total. The van der Waals surface area contributed by atoms with E-state index in [-0.39, 0.29) is 70.7 Å². The Labute approximate surface area is 651 Å². The minimum Gasteiger partial charge on any atom is -0.382 e. The van der Waals surface area contributed by atoms with Crippen molar-refractivity contribution in [2.75, 3.05) is 207 Å². The lowest BCUT2D eigenvalue weighted by Crippen LogP contribution is -2.73. The van der Waals surface area contributed by atoms with Crippen molar-refractivity contribution < 1.29 is 176 Å². The highest BCUT2D eigenvalue weighted by Gasteiger charge is 2.63. The minimum atomic E-state index is -2.49. The third-order valence-electron chi connectivity index (χ3n) is 20.7. The van der Waals surface area contributed by atoms with Crippen molar-refractivity contribution in [2.45, 2.75) is 227 Å². The van der Waals surface area contributed by atoms with E-state index in [1.165, 1.54) is 171 Å². The molecule has 2 amide bonds. The molecule has 0 aromatic heterocycles. The molecule has 22 saturated heterocycles. The van der Waals surface area contributed by atoms with Gasteiger partial charge in [0.2, 0.25) is 11.8 Å². The summed E-state index contributed by atoms with van der Waals surface area (Å²) in [5.74, 6) is -2.85. The van der Waals surface area contributed by atoms with E-state index in [1.807, 2.05) is 0 Å². The molecule has 0 aromatic carbocycles. The predicted molar refractivity (Wildman–Crippen MR) is 380 cm³/mol. The summed E-state index contributed by atoms with van der Waals surface area (Å²) >= 11 is 0. The van der Waals surface area contributed by atoms with E-state index in [4.69, 9.17) is 161 Å². The fraction of sp³-hybridized carbons (Fsp3) is 0.971. The maximum atomic E-state index is 14.0. The number of methoxy groups -OCH3 is 21. The van der Waals surface area contributed by atoms with E-state index in [9.17, 15) is 14.7 Å². The van der Waals surface area contributed by atoms with Crippen LogP contribution in [0, 0.1) is 0 Å². The number of hydrogen-bond donors (Lipinski definition) is 3. The summed E-state index contributed by atoms with van der Waals surface area (Å²) in [6.07, 6.45) is -35.6. The van der Waals surface area contributed by atoms with Gasteiger partial charge in [0.1, 0.15) is 159 Å². The van der Waals surface area contributed by atoms with Crippen LogP contribution in [-0.4, -0.2) is 438 Å². The van der Waals surface area contributed by atoms with Crippen molar-refractivity contribution in [2.24, 2.45) is 0 Å². The molecule has 3 N–H and O–H groups in total. The molecule has 0 aromatic rings. The Bertz CT molecular complexity index is 2620. The van der Waals surface area contributed by atoms with Crippen LogP contribution in [-0.2, 0) is 171 Å². The number of hydrogen-bond acceptors (Lipinski definition) is 39. The van der Waals surface area contributed by atoms with Gasteiger partial charge in [-0.2, -0.15) is 0 Å². The number of amides is 2. The molecular weight excluding hydrogens is 1510 g/mol. The molecule has 642 valence electrons. The van der Waals surface area contributed by atoms with Crippen LogP contribution < -0.4 is 10.6 Å². The SMILES string of the molecule is COC[C@H]1O[C@@H]2O[C@H]3[C@H](OC)[C@@H](OC)[C@@H](O[C@H]4[C@H](OC)[C@@H](OC)[C@@H](O[C@H]5[C@H](OC)[C@@H](OC)[C@@H](O[C@H]6[C@H](OC)[C@@H](OC)[C@@H](O[C@H]7[C@H](OC)[C@@H](OC)[C@@H](O[C@H]8[C@H](OC)[C@@H](OC)[C@](O)(NC(=O)CCSSCCC(=O)N[C@H]1[C@H](OC)[C@H]2OC)O[C@@H]8COC)O[C@@H]7COC)O[C@@H]6COC)O[C@@H]5COC)O[C@@H]4COC)O[C@@H]3COC. The summed E-state index contributed by atoms with van der Waals surface area (Å²) in [7, 11) is 33.5. The van der Waals surface area contributed by atoms with Crippen LogP contribution in [0.15, 0.2) is 0 Å². The average Bonchev–Trinajstić information content (AvgIpc) is 0.761. The van der Waals surface area contributed by atoms with E-state index in [2.05, 4.69) is 10.6 Å². The lowest BCUT2D eigenvalue weighted by molar-refractivity contribution is -0.408. The fourth-order valence-corrected chi connectivity index (χ4v) is 17.8. The zero-order valence-corrected chi connectivity index (χ0v) is 68.5. The highest BCUT2D eigenvalue weighted by Crippen LogP contribution is 2.43. The van der Waals surface area contributed by atoms with Crippen molar-refractivity contribution in [1.82, 2.24) is 10.6 Å². The van der Waals surface area contributed by atoms with Crippen LogP contribution in [0.25, 0.3) is 0 Å². The van der Waals surface area contributed by atoms with E-state index in [0.717, 1.165) is 0 Å². The number of fused-ring (bicyclic) bond motifs is 1. The topological polar surface area (TPSA) is 392 Å². The van der Waals surface area contributed by atoms with E-state index < -0.39 is 220 Å². The minimum absolute atomic E-state index is 0.0107. The van der Waals surface area contributed by atoms with Crippen molar-refractivity contribution in [3.05, 3.63) is 0 Å². The van der Waals surface area contributed by atoms with E-state index in [0.29, 0.717) is 5.75 Å². The zero-order valence-electron chi connectivity index (χ0n) is 66.9. The zero-order chi connectivity index (χ0) is 79.9. The Hall–Kier alpha value is -1.76. The second kappa shape index (κ2) is 46.6. The molecule has 0 spiro atoms. The summed E-state index contributed by atoms with van der Waals surface area (Å²) in [6, 6.07) is -0.817. The van der Waals surface area contributed by atoms with Crippen molar-refractivity contribution in [1.29, 1.82) is 0 Å². The van der Waals surface area contributed by atoms with Gasteiger partial charge in [-0.3, -0.25) is 9.59 Å². The first kappa shape index (κ1) is 93.7. The quantitative estimate of drug-likeness (QED) is 0.0728. The van der Waals surface area contributed by atoms with Gasteiger partial charge in [-0.05, 0) is 0 Å². The molecule has 35 atom stereocenters. The van der Waals surface area contributed by atoms with Crippen LogP contribution >= 0.6 is 21.6 Å². The predicted octanol–water partition coefficient (Wildman–Crippen LogP) is -1.80. The Morgan fingerprint density at radius 2 is 0.536 bits per heavy atom. The van der Waals surface area contributed by atoms with Gasteiger partial charge in [0.25, 0.3) is 5.91 Å². The lowest BCUT2D eigenvalue weighted by Gasteiger charge is -2.53. The van der Waals surface area contributed by atoms with Gasteiger partial charge in [-0.25, -0.2) is 0 Å². The first-order chi connectivity index (χ1) is 53.3. The largest absolute Gasteiger partial charge is 0.382 e. The maximum absolute atomic E-state index is 14.0. The Morgan fingerprint density at radius 1 is 0.300 bits per heavy atom. The van der Waals surface area contributed by atoms with E-state index in [1.54, 1.807) is 0 Å². The molecule has 22 aliphatic rings. The summed E-state index contributed by atoms with van der Waals surface area (Å²) in [4.78, 5) is 27.8. The Balaban J connectivity index is 1.14. The van der Waals surface area contributed by atoms with Crippen LogP contribution in [0.5, 0.6) is 0 Å². The fourth-order valence-electron chi connectivity index (χ4n) is 15.8. The number of nitrogens with one attached hydrogen (secondary N) is 2. The number of carbonyl (C=O) groups excluding carboxylic acids is 2. The summed E-state index contributed by atoms with van der Waals surface area (Å²) in [6.45, 7) is -0.563. The smallest absolute Gasteiger partial charge is 0.279 e. The molecule has 22 aliphatic heterocycles. The van der Waals surface area contributed by atoms with Crippen LogP contribution in [0.1, 0.15) is 12.8 Å². The maximum Gasteiger partial charge on any atom is 0.279 e. The van der Waals surface area contributed by atoms with Crippen molar-refractivity contribution in [3.8, 4) is 0 Å². The van der Waals surface area contributed by atoms with Crippen LogP contribution in [0.2, 0.25) is 0 Å². The second-order valence-corrected chi connectivity index (χ2v) is 29.6. The lowest BCUT2D eigenvalue weighted by atomic mass is 9.94. The van der Waals surface area contributed by atoms with Crippen molar-refractivity contribution in [3.63, 3.8) is 0 Å². The highest BCUT2D eigenvalue weighted by atomic mass is 33.1. The first-order valence-corrected chi connectivity index (χ1v) is 38.7. The molecule has 41 heteroatoms. The Kier molecular flexibility index (Phi) is 39.7. The number of aliphatic hydroxyl groups is 1. The molecule has 0 radical (unpaired) electrons. The van der Waals surface area contributed by atoms with Gasteiger partial charge in [0.15, 0.2) is 43.8 Å². The third kappa shape index (κ3) is 21.8. The van der Waals surface area contributed by atoms with Gasteiger partial charge in [0, 0.05) is 174 Å². The van der Waals surface area contributed by atoms with Crippen molar-refractivity contribution >= 4 is 33.4 Å². The third-order valence-corrected chi connectivity index (χ3v) is 23.1. The van der Waals surface area contributed by atoms with Gasteiger partial charge in [0.05, 0.1) is 52.3 Å². The molecule has 0 aliphatic carbocycles. The molecule has 110 heavy (non-hydrogen) atoms. The molecular formula is C69H122N2O37S2. The Morgan fingerprint density at radius 3 is 0.800 bits per heavy atom. The molecule has 22 fully saturated rings. The standard InChI is InChI=1S/C69H122N2O37S2/c1-75-26-33-42-49(82-8)56(89-15)63(96-33)102-43-34(27-76-2)97-64(57(90-16)50(43)83-9)103-44-35(28-77-3)98-65(58(91-17)51(44)84-10)104-45-36(29-78-4)99-66(59(92-18)52(45)85-11)105-46-37(30-79-5)100-67(60(93-19)53(46)86-12)106-47-38(31-80-6)101-68(61(94-20)54(47)87-13)107-48-39(32-81-7)108-69(74,62(95-21)55(48)88-14)71-41(73)23-25-110-109-24-22-40(72)70-42/h33-39,42-68,74H,22-32H2,1-21H3,(H,70,72)(H,71,73)/t33-,34-,35-,36-,37-,38-,39-,42-,43-,44-,45-,46-,47-,48-,49+,50+,51+,52+,53+,54+,55+,56-,57-,58-,59-,60-,61-,62-,63-,64-,65-,66-,67-,68-,69-/m1/s1. The molecule has 14 bridgehead atoms. The van der Waals surface area contributed by atoms with Gasteiger partial charge >= 0.3 is 0 Å². The number of rotatable bonds is 28. The average molecular weight is 1640 g/mol. The normalized spacial score (nSPS) is 43.9. The van der Waals surface area contributed by atoms with Gasteiger partial charge in [-0.15, -0.1) is 0 Å². The summed E-state index contributed by atoms with van der Waals surface area (Å²) in [5.41, 5.74) is 0. The molecule has 22 heterocycles. The summed E-state index contributed by atoms with van der Waals surface area (Å²) < 4.78 is 216. The second-order valence-electron chi connectivity index (χ2n) is 26.9.